The minimum atomic E-state index is -2.35. The standard InChI is InChI=1S/C11H22O4Si.C9H20O4Si/c1-12-16(13-2,14-3)7-6-9-4-5-10-11(8-9)15-10;1-10-14(3,11-2)6-4-5-12-7-9-8-13-9/h9-11H,4-8H2,1-3H3;9H,4-8H2,1-3H3. The molecule has 4 atom stereocenters. The van der Waals surface area contributed by atoms with Crippen molar-refractivity contribution in [1.82, 2.24) is 0 Å². The first-order valence-electron chi connectivity index (χ1n) is 11.0. The van der Waals surface area contributed by atoms with Gasteiger partial charge in [-0.25, -0.2) is 0 Å². The Morgan fingerprint density at radius 3 is 2.07 bits per heavy atom. The van der Waals surface area contributed by atoms with Gasteiger partial charge in [-0.3, -0.25) is 0 Å². The summed E-state index contributed by atoms with van der Waals surface area (Å²) in [7, 11) is 4.26. The van der Waals surface area contributed by atoms with Gasteiger partial charge in [0.15, 0.2) is 0 Å². The van der Waals surface area contributed by atoms with Crippen molar-refractivity contribution in [2.45, 2.75) is 69.1 Å². The Balaban J connectivity index is 0.000000216. The molecule has 3 rings (SSSR count). The second-order valence-corrected chi connectivity index (χ2v) is 15.1. The third-order valence-corrected chi connectivity index (χ3v) is 12.1. The van der Waals surface area contributed by atoms with Gasteiger partial charge in [0.2, 0.25) is 0 Å². The maximum atomic E-state index is 5.54. The molecule has 1 aliphatic carbocycles. The maximum absolute atomic E-state index is 5.54. The van der Waals surface area contributed by atoms with Gasteiger partial charge >= 0.3 is 17.4 Å². The van der Waals surface area contributed by atoms with E-state index in [1.54, 1.807) is 35.5 Å². The van der Waals surface area contributed by atoms with E-state index in [1.165, 1.54) is 19.3 Å². The van der Waals surface area contributed by atoms with Crippen molar-refractivity contribution in [3.8, 4) is 0 Å². The van der Waals surface area contributed by atoms with Gasteiger partial charge in [0.05, 0.1) is 25.4 Å². The quantitative estimate of drug-likeness (QED) is 0.220. The molecule has 10 heteroatoms. The Morgan fingerprint density at radius 1 is 0.867 bits per heavy atom. The van der Waals surface area contributed by atoms with Crippen LogP contribution in [0.2, 0.25) is 18.6 Å². The highest BCUT2D eigenvalue weighted by molar-refractivity contribution is 6.65. The van der Waals surface area contributed by atoms with Gasteiger partial charge < -0.3 is 36.3 Å². The molecule has 0 N–H and O–H groups in total. The van der Waals surface area contributed by atoms with Gasteiger partial charge in [0.25, 0.3) is 0 Å². The van der Waals surface area contributed by atoms with Crippen LogP contribution in [0, 0.1) is 5.92 Å². The molecule has 3 fully saturated rings. The van der Waals surface area contributed by atoms with Crippen molar-refractivity contribution in [2.24, 2.45) is 5.92 Å². The van der Waals surface area contributed by atoms with E-state index in [0.717, 1.165) is 50.7 Å². The monoisotopic (exact) mass is 466 g/mol. The Labute approximate surface area is 184 Å². The van der Waals surface area contributed by atoms with Crippen LogP contribution in [0.5, 0.6) is 0 Å². The number of hydrogen-bond acceptors (Lipinski definition) is 8. The minimum Gasteiger partial charge on any atom is -0.398 e. The van der Waals surface area contributed by atoms with Crippen LogP contribution in [-0.2, 0) is 36.3 Å². The van der Waals surface area contributed by atoms with Crippen molar-refractivity contribution in [2.75, 3.05) is 55.4 Å². The Bertz CT molecular complexity index is 463. The fraction of sp³-hybridized carbons (Fsp3) is 1.00. The molecule has 0 spiro atoms. The third-order valence-electron chi connectivity index (χ3n) is 6.39. The van der Waals surface area contributed by atoms with Crippen LogP contribution in [-0.4, -0.2) is 91.0 Å². The zero-order valence-corrected chi connectivity index (χ0v) is 21.6. The predicted molar refractivity (Wildman–Crippen MR) is 118 cm³/mol. The average Bonchev–Trinajstić information content (AvgIpc) is 3.70. The van der Waals surface area contributed by atoms with E-state index in [0.29, 0.717) is 18.3 Å². The summed E-state index contributed by atoms with van der Waals surface area (Å²) in [6, 6.07) is 1.89. The highest BCUT2D eigenvalue weighted by atomic mass is 28.4. The van der Waals surface area contributed by atoms with Crippen LogP contribution in [0.25, 0.3) is 0 Å². The molecule has 2 saturated heterocycles. The smallest absolute Gasteiger partial charge is 0.398 e. The van der Waals surface area contributed by atoms with Crippen LogP contribution in [0.3, 0.4) is 0 Å². The Hall–Kier alpha value is 0.114. The van der Waals surface area contributed by atoms with E-state index in [4.69, 9.17) is 36.3 Å². The largest absolute Gasteiger partial charge is 0.500 e. The van der Waals surface area contributed by atoms with Gasteiger partial charge in [0, 0.05) is 48.2 Å². The first-order valence-corrected chi connectivity index (χ1v) is 15.5. The molecule has 0 aromatic heterocycles. The SMILES string of the molecule is CO[Si](C)(CCCOCC1CO1)OC.CO[Si](CCC1CCC2OC2C1)(OC)OC. The van der Waals surface area contributed by atoms with Crippen molar-refractivity contribution < 1.29 is 36.3 Å². The molecule has 3 aliphatic rings. The highest BCUT2D eigenvalue weighted by Gasteiger charge is 2.45. The maximum Gasteiger partial charge on any atom is 0.500 e. The molecule has 4 unspecified atom stereocenters. The van der Waals surface area contributed by atoms with Crippen molar-refractivity contribution in [1.29, 1.82) is 0 Å². The van der Waals surface area contributed by atoms with Crippen LogP contribution in [0.15, 0.2) is 0 Å². The Kier molecular flexibility index (Phi) is 11.4. The first kappa shape index (κ1) is 26.4. The van der Waals surface area contributed by atoms with Crippen LogP contribution < -0.4 is 0 Å². The summed E-state index contributed by atoms with van der Waals surface area (Å²) in [4.78, 5) is 0. The lowest BCUT2D eigenvalue weighted by Gasteiger charge is -2.27. The molecule has 2 heterocycles. The van der Waals surface area contributed by atoms with E-state index in [9.17, 15) is 0 Å². The van der Waals surface area contributed by atoms with Gasteiger partial charge in [-0.15, -0.1) is 0 Å². The molecule has 0 amide bonds. The van der Waals surface area contributed by atoms with E-state index >= 15 is 0 Å². The summed E-state index contributed by atoms with van der Waals surface area (Å²) in [5, 5.41) is 0. The van der Waals surface area contributed by atoms with E-state index < -0.39 is 17.4 Å². The number of rotatable bonds is 14. The molecule has 0 aromatic rings. The van der Waals surface area contributed by atoms with Gasteiger partial charge in [-0.2, -0.15) is 0 Å². The van der Waals surface area contributed by atoms with Crippen LogP contribution >= 0.6 is 0 Å². The zero-order valence-electron chi connectivity index (χ0n) is 19.6. The third kappa shape index (κ3) is 8.93. The summed E-state index contributed by atoms with van der Waals surface area (Å²) in [6.07, 6.45) is 7.37. The zero-order chi connectivity index (χ0) is 22.0. The van der Waals surface area contributed by atoms with E-state index in [-0.39, 0.29) is 0 Å². The van der Waals surface area contributed by atoms with Gasteiger partial charge in [-0.05, 0) is 50.6 Å². The molecule has 1 saturated carbocycles. The van der Waals surface area contributed by atoms with Gasteiger partial charge in [-0.1, -0.05) is 0 Å². The highest BCUT2D eigenvalue weighted by Crippen LogP contribution is 2.41. The topological polar surface area (TPSA) is 80.4 Å². The number of epoxide rings is 2. The lowest BCUT2D eigenvalue weighted by Crippen LogP contribution is -2.43. The molecular weight excluding hydrogens is 424 g/mol. The summed E-state index contributed by atoms with van der Waals surface area (Å²) in [5.41, 5.74) is 0. The molecule has 30 heavy (non-hydrogen) atoms. The molecule has 2 aliphatic heterocycles. The number of ether oxygens (including phenoxy) is 3. The normalized spacial score (nSPS) is 27.8. The molecule has 0 aromatic carbocycles. The lowest BCUT2D eigenvalue weighted by atomic mass is 9.88. The second kappa shape index (κ2) is 13.0. The first-order chi connectivity index (χ1) is 14.4. The van der Waals surface area contributed by atoms with E-state index in [1.807, 2.05) is 0 Å². The molecular formula is C20H42O8Si2. The predicted octanol–water partition coefficient (Wildman–Crippen LogP) is 2.98. The molecule has 178 valence electrons. The molecule has 8 nitrogen and oxygen atoms in total. The number of fused-ring (bicyclic) bond motifs is 1. The average molecular weight is 467 g/mol. The van der Waals surface area contributed by atoms with Gasteiger partial charge in [0.1, 0.15) is 6.10 Å². The van der Waals surface area contributed by atoms with Crippen LogP contribution in [0.4, 0.5) is 0 Å². The molecule has 0 radical (unpaired) electrons. The number of hydrogen-bond donors (Lipinski definition) is 0. The summed E-state index contributed by atoms with van der Waals surface area (Å²) in [6.45, 7) is 4.44. The van der Waals surface area contributed by atoms with Crippen LogP contribution in [0.1, 0.15) is 32.1 Å². The van der Waals surface area contributed by atoms with E-state index in [2.05, 4.69) is 6.55 Å². The van der Waals surface area contributed by atoms with Crippen molar-refractivity contribution in [3.63, 3.8) is 0 Å². The second-order valence-electron chi connectivity index (χ2n) is 8.40. The summed E-state index contributed by atoms with van der Waals surface area (Å²) in [5.74, 6) is 0.760. The summed E-state index contributed by atoms with van der Waals surface area (Å²) < 4.78 is 43.0. The Morgan fingerprint density at radius 2 is 1.53 bits per heavy atom. The summed E-state index contributed by atoms with van der Waals surface area (Å²) >= 11 is 0. The fourth-order valence-corrected chi connectivity index (χ4v) is 7.08. The van der Waals surface area contributed by atoms with Crippen molar-refractivity contribution >= 4 is 17.4 Å². The minimum absolute atomic E-state index is 0.364. The lowest BCUT2D eigenvalue weighted by molar-refractivity contribution is 0.114. The van der Waals surface area contributed by atoms with Crippen molar-refractivity contribution in [3.05, 3.63) is 0 Å². The molecule has 0 bridgehead atoms. The fourth-order valence-electron chi connectivity index (χ4n) is 3.85.